The molecule has 0 saturated carbocycles. The number of nitrogens with one attached hydrogen (secondary N) is 1. The van der Waals surface area contributed by atoms with Crippen LogP contribution in [0.2, 0.25) is 0 Å². The number of Topliss-reactive ketones (excluding diaryl/α,β-unsaturated/α-hetero) is 1. The van der Waals surface area contributed by atoms with E-state index in [-0.39, 0.29) is 11.5 Å². The Morgan fingerprint density at radius 1 is 1.21 bits per heavy atom. The van der Waals surface area contributed by atoms with E-state index in [1.165, 1.54) is 0 Å². The van der Waals surface area contributed by atoms with Crippen molar-refractivity contribution in [3.8, 4) is 0 Å². The van der Waals surface area contributed by atoms with E-state index >= 15 is 0 Å². The summed E-state index contributed by atoms with van der Waals surface area (Å²) in [7, 11) is 0. The van der Waals surface area contributed by atoms with E-state index in [1.807, 2.05) is 0 Å². The molecule has 1 spiro atoms. The molecule has 0 aromatic rings. The molecule has 0 amide bonds. The van der Waals surface area contributed by atoms with Gasteiger partial charge in [-0.2, -0.15) is 0 Å². The van der Waals surface area contributed by atoms with Crippen molar-refractivity contribution in [1.29, 1.82) is 0 Å². The summed E-state index contributed by atoms with van der Waals surface area (Å²) in [6.45, 7) is 4.35. The number of rotatable bonds is 3. The molecule has 0 bridgehead atoms. The Kier molecular flexibility index (Phi) is 4.20. The van der Waals surface area contributed by atoms with Crippen LogP contribution in [0.1, 0.15) is 38.5 Å². The number of ketones is 1. The van der Waals surface area contributed by atoms with Gasteiger partial charge in [0.15, 0.2) is 0 Å². The van der Waals surface area contributed by atoms with Crippen LogP contribution in [0.5, 0.6) is 0 Å². The lowest BCUT2D eigenvalue weighted by molar-refractivity contribution is -0.138. The van der Waals surface area contributed by atoms with Gasteiger partial charge in [0.1, 0.15) is 5.78 Å². The van der Waals surface area contributed by atoms with E-state index in [0.717, 1.165) is 64.8 Å². The minimum Gasteiger partial charge on any atom is -0.378 e. The number of ether oxygens (including phenoxy) is 2. The Hall–Kier alpha value is -0.450. The van der Waals surface area contributed by atoms with Crippen molar-refractivity contribution in [1.82, 2.24) is 5.32 Å². The molecular formula is C15H25NO3. The molecule has 3 rings (SSSR count). The lowest BCUT2D eigenvalue weighted by atomic mass is 9.79. The van der Waals surface area contributed by atoms with Crippen LogP contribution in [0, 0.1) is 11.8 Å². The molecule has 3 aliphatic heterocycles. The van der Waals surface area contributed by atoms with E-state index in [1.54, 1.807) is 0 Å². The molecular weight excluding hydrogens is 242 g/mol. The maximum atomic E-state index is 12.5. The zero-order chi connectivity index (χ0) is 13.1. The Morgan fingerprint density at radius 2 is 2.05 bits per heavy atom. The van der Waals surface area contributed by atoms with Crippen molar-refractivity contribution in [2.45, 2.75) is 44.1 Å². The Bertz CT molecular complexity index is 319. The third-order valence-corrected chi connectivity index (χ3v) is 4.96. The molecule has 108 valence electrons. The van der Waals surface area contributed by atoms with Crippen LogP contribution in [0.15, 0.2) is 0 Å². The summed E-state index contributed by atoms with van der Waals surface area (Å²) in [6, 6.07) is 0. The summed E-state index contributed by atoms with van der Waals surface area (Å²) in [6.07, 6.45) is 5.85. The van der Waals surface area contributed by atoms with Gasteiger partial charge in [0.05, 0.1) is 12.2 Å². The average Bonchev–Trinajstić information content (AvgIpc) is 2.88. The molecule has 0 aliphatic carbocycles. The molecule has 2 atom stereocenters. The van der Waals surface area contributed by atoms with Gasteiger partial charge in [0, 0.05) is 32.0 Å². The minimum absolute atomic E-state index is 0.132. The van der Waals surface area contributed by atoms with Crippen molar-refractivity contribution in [3.05, 3.63) is 0 Å². The summed E-state index contributed by atoms with van der Waals surface area (Å²) in [4.78, 5) is 12.5. The topological polar surface area (TPSA) is 47.6 Å². The highest BCUT2D eigenvalue weighted by Gasteiger charge is 2.42. The fraction of sp³-hybridized carbons (Fsp3) is 0.933. The first-order chi connectivity index (χ1) is 9.27. The summed E-state index contributed by atoms with van der Waals surface area (Å²) >= 11 is 0. The fourth-order valence-electron chi connectivity index (χ4n) is 3.70. The van der Waals surface area contributed by atoms with Crippen LogP contribution in [0.25, 0.3) is 0 Å². The SMILES string of the molecule is O=C(CC1CCNCC1)C1CCOC2(CCOC2)C1. The zero-order valence-corrected chi connectivity index (χ0v) is 11.7. The minimum atomic E-state index is -0.132. The number of carbonyl (C=O) groups is 1. The monoisotopic (exact) mass is 267 g/mol. The molecule has 1 N–H and O–H groups in total. The van der Waals surface area contributed by atoms with Crippen molar-refractivity contribution in [3.63, 3.8) is 0 Å². The standard InChI is InChI=1S/C15H25NO3/c17-14(9-12-1-5-16-6-2-12)13-3-7-19-15(10-13)4-8-18-11-15/h12-13,16H,1-11H2. The Balaban J connectivity index is 1.54. The second kappa shape index (κ2) is 5.90. The smallest absolute Gasteiger partial charge is 0.136 e. The van der Waals surface area contributed by atoms with Crippen molar-refractivity contribution in [2.24, 2.45) is 11.8 Å². The van der Waals surface area contributed by atoms with Gasteiger partial charge in [0.2, 0.25) is 0 Å². The molecule has 3 heterocycles. The lowest BCUT2D eigenvalue weighted by Gasteiger charge is -2.37. The highest BCUT2D eigenvalue weighted by molar-refractivity contribution is 5.81. The van der Waals surface area contributed by atoms with Crippen molar-refractivity contribution < 1.29 is 14.3 Å². The van der Waals surface area contributed by atoms with Crippen LogP contribution in [0.3, 0.4) is 0 Å². The Morgan fingerprint density at radius 3 is 2.79 bits per heavy atom. The maximum Gasteiger partial charge on any atom is 0.136 e. The van der Waals surface area contributed by atoms with Crippen molar-refractivity contribution >= 4 is 5.78 Å². The molecule has 3 aliphatic rings. The van der Waals surface area contributed by atoms with Gasteiger partial charge in [-0.25, -0.2) is 0 Å². The fourth-order valence-corrected chi connectivity index (χ4v) is 3.70. The Labute approximate surface area is 115 Å². The van der Waals surface area contributed by atoms with E-state index in [4.69, 9.17) is 9.47 Å². The summed E-state index contributed by atoms with van der Waals surface area (Å²) in [5.41, 5.74) is -0.132. The summed E-state index contributed by atoms with van der Waals surface area (Å²) < 4.78 is 11.4. The van der Waals surface area contributed by atoms with Gasteiger partial charge >= 0.3 is 0 Å². The predicted octanol–water partition coefficient (Wildman–Crippen LogP) is 1.53. The highest BCUT2D eigenvalue weighted by Crippen LogP contribution is 2.37. The van der Waals surface area contributed by atoms with Crippen LogP contribution >= 0.6 is 0 Å². The van der Waals surface area contributed by atoms with Gasteiger partial charge < -0.3 is 14.8 Å². The van der Waals surface area contributed by atoms with Crippen LogP contribution in [0.4, 0.5) is 0 Å². The van der Waals surface area contributed by atoms with Gasteiger partial charge in [-0.05, 0) is 44.7 Å². The summed E-state index contributed by atoms with van der Waals surface area (Å²) in [5, 5.41) is 3.36. The number of hydrogen-bond donors (Lipinski definition) is 1. The lowest BCUT2D eigenvalue weighted by Crippen LogP contribution is -2.43. The molecule has 3 fully saturated rings. The molecule has 4 heteroatoms. The first-order valence-electron chi connectivity index (χ1n) is 7.73. The first-order valence-corrected chi connectivity index (χ1v) is 7.73. The molecule has 2 unspecified atom stereocenters. The second-order valence-electron chi connectivity index (χ2n) is 6.39. The number of carbonyl (C=O) groups excluding carboxylic acids is 1. The van der Waals surface area contributed by atoms with Crippen LogP contribution in [-0.2, 0) is 14.3 Å². The van der Waals surface area contributed by atoms with Gasteiger partial charge in [-0.15, -0.1) is 0 Å². The third kappa shape index (κ3) is 3.18. The molecule has 3 saturated heterocycles. The first kappa shape index (κ1) is 13.5. The zero-order valence-electron chi connectivity index (χ0n) is 11.7. The third-order valence-electron chi connectivity index (χ3n) is 4.96. The summed E-state index contributed by atoms with van der Waals surface area (Å²) in [5.74, 6) is 1.29. The normalized spacial score (nSPS) is 36.7. The number of hydrogen-bond acceptors (Lipinski definition) is 4. The molecule has 0 aromatic carbocycles. The largest absolute Gasteiger partial charge is 0.378 e. The van der Waals surface area contributed by atoms with E-state index in [2.05, 4.69) is 5.32 Å². The van der Waals surface area contributed by atoms with Crippen LogP contribution in [-0.4, -0.2) is 44.3 Å². The van der Waals surface area contributed by atoms with E-state index < -0.39 is 0 Å². The second-order valence-corrected chi connectivity index (χ2v) is 6.39. The predicted molar refractivity (Wildman–Crippen MR) is 72.1 cm³/mol. The molecule has 19 heavy (non-hydrogen) atoms. The van der Waals surface area contributed by atoms with Gasteiger partial charge in [-0.3, -0.25) is 4.79 Å². The van der Waals surface area contributed by atoms with Gasteiger partial charge in [-0.1, -0.05) is 0 Å². The highest BCUT2D eigenvalue weighted by atomic mass is 16.6. The quantitative estimate of drug-likeness (QED) is 0.842. The molecule has 0 radical (unpaired) electrons. The molecule has 4 nitrogen and oxygen atoms in total. The van der Waals surface area contributed by atoms with Gasteiger partial charge in [0.25, 0.3) is 0 Å². The van der Waals surface area contributed by atoms with Crippen LogP contribution < -0.4 is 5.32 Å². The number of piperidine rings is 1. The van der Waals surface area contributed by atoms with E-state index in [9.17, 15) is 4.79 Å². The molecule has 0 aromatic heterocycles. The van der Waals surface area contributed by atoms with Crippen molar-refractivity contribution in [2.75, 3.05) is 32.9 Å². The van der Waals surface area contributed by atoms with E-state index in [0.29, 0.717) is 18.3 Å². The maximum absolute atomic E-state index is 12.5. The average molecular weight is 267 g/mol.